The smallest absolute Gasteiger partial charge is 0.255 e. The van der Waals surface area contributed by atoms with E-state index in [1.54, 1.807) is 39.2 Å². The lowest BCUT2D eigenvalue weighted by Crippen LogP contribution is -2.37. The molecule has 0 saturated carbocycles. The molecule has 110 valence electrons. The number of nitrogens with zero attached hydrogens (tertiary/aromatic N) is 1. The lowest BCUT2D eigenvalue weighted by atomic mass is 10.1. The van der Waals surface area contributed by atoms with Crippen LogP contribution in [0.1, 0.15) is 17.3 Å². The zero-order valence-corrected chi connectivity index (χ0v) is 12.3. The number of nitrogens with one attached hydrogen (secondary N) is 1. The number of hydrogen-bond donors (Lipinski definition) is 2. The summed E-state index contributed by atoms with van der Waals surface area (Å²) >= 11 is 0. The summed E-state index contributed by atoms with van der Waals surface area (Å²) in [5.41, 5.74) is 6.60. The molecule has 20 heavy (non-hydrogen) atoms. The first kappa shape index (κ1) is 15.8. The topological polar surface area (TPSA) is 84.7 Å². The molecule has 0 aliphatic carbocycles. The summed E-state index contributed by atoms with van der Waals surface area (Å²) in [5, 5.41) is 2.56. The fraction of sp³-hybridized carbons (Fsp3) is 0.429. The van der Waals surface area contributed by atoms with Gasteiger partial charge in [0.05, 0.1) is 18.6 Å². The van der Waals surface area contributed by atoms with E-state index in [1.807, 2.05) is 0 Å². The number of nitrogens with two attached hydrogens (primary N) is 1. The average Bonchev–Trinajstić information content (AvgIpc) is 2.45. The van der Waals surface area contributed by atoms with Gasteiger partial charge in [-0.2, -0.15) is 0 Å². The Kier molecular flexibility index (Phi) is 5.37. The molecular formula is C14H21N3O3. The minimum absolute atomic E-state index is 0.104. The van der Waals surface area contributed by atoms with Crippen LogP contribution in [0.5, 0.6) is 5.75 Å². The van der Waals surface area contributed by atoms with E-state index in [9.17, 15) is 9.59 Å². The molecule has 0 aromatic heterocycles. The number of ether oxygens (including phenoxy) is 1. The molecule has 1 aromatic carbocycles. The maximum atomic E-state index is 12.3. The summed E-state index contributed by atoms with van der Waals surface area (Å²) < 4.78 is 5.04. The van der Waals surface area contributed by atoms with Crippen molar-refractivity contribution >= 4 is 17.5 Å². The first-order chi connectivity index (χ1) is 9.40. The number of methoxy groups -OCH3 is 1. The van der Waals surface area contributed by atoms with Crippen molar-refractivity contribution in [2.45, 2.75) is 6.92 Å². The quantitative estimate of drug-likeness (QED) is 0.778. The molecule has 0 fully saturated rings. The van der Waals surface area contributed by atoms with E-state index in [4.69, 9.17) is 10.5 Å². The van der Waals surface area contributed by atoms with Crippen LogP contribution in [0.15, 0.2) is 18.2 Å². The Bertz CT molecular complexity index is 502. The number of carbonyl (C=O) groups excluding carboxylic acids is 2. The van der Waals surface area contributed by atoms with Crippen molar-refractivity contribution < 1.29 is 14.3 Å². The zero-order chi connectivity index (χ0) is 15.3. The van der Waals surface area contributed by atoms with Crippen LogP contribution in [0.4, 0.5) is 5.69 Å². The molecule has 1 atom stereocenters. The highest BCUT2D eigenvalue weighted by atomic mass is 16.5. The molecule has 6 heteroatoms. The first-order valence-corrected chi connectivity index (χ1v) is 6.31. The standard InChI is InChI=1S/C14H21N3O3/c1-9(13(18)16-2)8-17(3)14(19)11-6-5-10(20-4)7-12(11)15/h5-7,9H,8,15H2,1-4H3,(H,16,18). The number of hydrogen-bond acceptors (Lipinski definition) is 4. The molecule has 0 radical (unpaired) electrons. The van der Waals surface area contributed by atoms with Crippen molar-refractivity contribution in [3.63, 3.8) is 0 Å². The summed E-state index contributed by atoms with van der Waals surface area (Å²) in [6.45, 7) is 2.09. The summed E-state index contributed by atoms with van der Waals surface area (Å²) in [4.78, 5) is 25.2. The van der Waals surface area contributed by atoms with E-state index < -0.39 is 0 Å². The summed E-state index contributed by atoms with van der Waals surface area (Å²) in [5.74, 6) is -0.0119. The van der Waals surface area contributed by atoms with Gasteiger partial charge >= 0.3 is 0 Å². The van der Waals surface area contributed by atoms with Gasteiger partial charge in [-0.05, 0) is 12.1 Å². The van der Waals surface area contributed by atoms with E-state index in [0.717, 1.165) is 0 Å². The number of amides is 2. The third kappa shape index (κ3) is 3.63. The lowest BCUT2D eigenvalue weighted by Gasteiger charge is -2.21. The van der Waals surface area contributed by atoms with Gasteiger partial charge in [-0.25, -0.2) is 0 Å². The Labute approximate surface area is 118 Å². The number of anilines is 1. The Morgan fingerprint density at radius 1 is 1.45 bits per heavy atom. The Hall–Kier alpha value is -2.24. The Balaban J connectivity index is 2.81. The van der Waals surface area contributed by atoms with Gasteiger partial charge < -0.3 is 20.7 Å². The fourth-order valence-corrected chi connectivity index (χ4v) is 1.89. The van der Waals surface area contributed by atoms with Crippen LogP contribution in [0.3, 0.4) is 0 Å². The van der Waals surface area contributed by atoms with E-state index >= 15 is 0 Å². The van der Waals surface area contributed by atoms with Gasteiger partial charge in [0.1, 0.15) is 5.75 Å². The molecule has 1 aromatic rings. The van der Waals surface area contributed by atoms with Crippen LogP contribution < -0.4 is 15.8 Å². The lowest BCUT2D eigenvalue weighted by molar-refractivity contribution is -0.124. The minimum atomic E-state index is -0.284. The molecule has 1 unspecified atom stereocenters. The van der Waals surface area contributed by atoms with E-state index in [2.05, 4.69) is 5.32 Å². The molecule has 0 heterocycles. The van der Waals surface area contributed by atoms with Crippen LogP contribution in [-0.4, -0.2) is 44.5 Å². The van der Waals surface area contributed by atoms with E-state index in [-0.39, 0.29) is 17.7 Å². The average molecular weight is 279 g/mol. The minimum Gasteiger partial charge on any atom is -0.497 e. The number of rotatable bonds is 5. The predicted octanol–water partition coefficient (Wildman–Crippen LogP) is 0.731. The van der Waals surface area contributed by atoms with Crippen molar-refractivity contribution in [1.29, 1.82) is 0 Å². The molecule has 0 spiro atoms. The van der Waals surface area contributed by atoms with Crippen molar-refractivity contribution in [2.24, 2.45) is 5.92 Å². The second-order valence-electron chi connectivity index (χ2n) is 4.65. The molecule has 0 aliphatic rings. The van der Waals surface area contributed by atoms with Crippen molar-refractivity contribution in [3.8, 4) is 5.75 Å². The van der Waals surface area contributed by atoms with Crippen LogP contribution in [0.25, 0.3) is 0 Å². The first-order valence-electron chi connectivity index (χ1n) is 6.31. The summed E-state index contributed by atoms with van der Waals surface area (Å²) in [7, 11) is 4.75. The van der Waals surface area contributed by atoms with E-state index in [0.29, 0.717) is 23.5 Å². The zero-order valence-electron chi connectivity index (χ0n) is 12.3. The molecule has 3 N–H and O–H groups in total. The third-order valence-corrected chi connectivity index (χ3v) is 3.08. The second kappa shape index (κ2) is 6.79. The van der Waals surface area contributed by atoms with Gasteiger partial charge in [-0.15, -0.1) is 0 Å². The van der Waals surface area contributed by atoms with Crippen molar-refractivity contribution in [3.05, 3.63) is 23.8 Å². The number of nitrogen functional groups attached to an aromatic ring is 1. The van der Waals surface area contributed by atoms with Gasteiger partial charge in [0.25, 0.3) is 5.91 Å². The summed E-state index contributed by atoms with van der Waals surface area (Å²) in [6, 6.07) is 4.90. The van der Waals surface area contributed by atoms with Crippen LogP contribution in [0, 0.1) is 5.92 Å². The largest absolute Gasteiger partial charge is 0.497 e. The van der Waals surface area contributed by atoms with Crippen LogP contribution in [0.2, 0.25) is 0 Å². The molecule has 1 rings (SSSR count). The van der Waals surface area contributed by atoms with Crippen LogP contribution >= 0.6 is 0 Å². The monoisotopic (exact) mass is 279 g/mol. The predicted molar refractivity (Wildman–Crippen MR) is 77.6 cm³/mol. The van der Waals surface area contributed by atoms with Gasteiger partial charge in [-0.3, -0.25) is 9.59 Å². The normalized spacial score (nSPS) is 11.6. The van der Waals surface area contributed by atoms with Gasteiger partial charge in [0, 0.05) is 32.4 Å². The fourth-order valence-electron chi connectivity index (χ4n) is 1.89. The number of benzene rings is 1. The SMILES string of the molecule is CNC(=O)C(C)CN(C)C(=O)c1ccc(OC)cc1N. The maximum Gasteiger partial charge on any atom is 0.255 e. The van der Waals surface area contributed by atoms with Gasteiger partial charge in [-0.1, -0.05) is 6.92 Å². The molecule has 0 bridgehead atoms. The number of carbonyl (C=O) groups is 2. The van der Waals surface area contributed by atoms with Gasteiger partial charge in [0.15, 0.2) is 0 Å². The van der Waals surface area contributed by atoms with Crippen molar-refractivity contribution in [1.82, 2.24) is 10.2 Å². The highest BCUT2D eigenvalue weighted by Gasteiger charge is 2.20. The summed E-state index contributed by atoms with van der Waals surface area (Å²) in [6.07, 6.45) is 0. The molecule has 2 amide bonds. The van der Waals surface area contributed by atoms with Crippen LogP contribution in [-0.2, 0) is 4.79 Å². The highest BCUT2D eigenvalue weighted by molar-refractivity contribution is 5.99. The van der Waals surface area contributed by atoms with E-state index in [1.165, 1.54) is 12.0 Å². The van der Waals surface area contributed by atoms with Gasteiger partial charge in [0.2, 0.25) is 5.91 Å². The molecule has 0 aliphatic heterocycles. The Morgan fingerprint density at radius 2 is 2.10 bits per heavy atom. The molecular weight excluding hydrogens is 258 g/mol. The third-order valence-electron chi connectivity index (χ3n) is 3.08. The maximum absolute atomic E-state index is 12.3. The molecule has 0 saturated heterocycles. The van der Waals surface area contributed by atoms with Crippen molar-refractivity contribution in [2.75, 3.05) is 33.5 Å². The molecule has 6 nitrogen and oxygen atoms in total. The Morgan fingerprint density at radius 3 is 2.60 bits per heavy atom. The highest BCUT2D eigenvalue weighted by Crippen LogP contribution is 2.21. The second-order valence-corrected chi connectivity index (χ2v) is 4.65.